The van der Waals surface area contributed by atoms with Crippen molar-refractivity contribution in [2.75, 3.05) is 13.1 Å². The van der Waals surface area contributed by atoms with E-state index in [9.17, 15) is 4.39 Å². The molecule has 2 rings (SSSR count). The van der Waals surface area contributed by atoms with E-state index in [1.807, 2.05) is 0 Å². The average Bonchev–Trinajstić information content (AvgIpc) is 2.20. The SMILES string of the molecule is NC1CNC(C2CCCCC2F)CN1. The number of halogens is 1. The number of hydrogen-bond acceptors (Lipinski definition) is 3. The molecule has 1 aliphatic carbocycles. The van der Waals surface area contributed by atoms with Gasteiger partial charge in [-0.2, -0.15) is 0 Å². The summed E-state index contributed by atoms with van der Waals surface area (Å²) in [4.78, 5) is 0. The first-order valence-electron chi connectivity index (χ1n) is 5.64. The quantitative estimate of drug-likeness (QED) is 0.574. The van der Waals surface area contributed by atoms with Crippen LogP contribution in [-0.4, -0.2) is 31.5 Å². The van der Waals surface area contributed by atoms with Crippen molar-refractivity contribution < 1.29 is 4.39 Å². The summed E-state index contributed by atoms with van der Waals surface area (Å²) in [5.74, 6) is 0.198. The van der Waals surface area contributed by atoms with E-state index in [2.05, 4.69) is 10.6 Å². The molecule has 0 amide bonds. The number of rotatable bonds is 1. The molecule has 4 heteroatoms. The van der Waals surface area contributed by atoms with Gasteiger partial charge in [0.1, 0.15) is 6.17 Å². The Balaban J connectivity index is 1.87. The number of alkyl halides is 1. The molecule has 0 radical (unpaired) electrons. The molecule has 1 aliphatic heterocycles. The first-order valence-corrected chi connectivity index (χ1v) is 5.64. The van der Waals surface area contributed by atoms with E-state index in [4.69, 9.17) is 5.73 Å². The second kappa shape index (κ2) is 4.55. The van der Waals surface area contributed by atoms with Crippen molar-refractivity contribution >= 4 is 0 Å². The molecule has 0 aromatic rings. The highest BCUT2D eigenvalue weighted by Gasteiger charge is 2.33. The Hall–Kier alpha value is -0.190. The van der Waals surface area contributed by atoms with E-state index in [-0.39, 0.29) is 18.1 Å². The highest BCUT2D eigenvalue weighted by Crippen LogP contribution is 2.29. The lowest BCUT2D eigenvalue weighted by molar-refractivity contribution is 0.116. The Kier molecular flexibility index (Phi) is 3.36. The summed E-state index contributed by atoms with van der Waals surface area (Å²) >= 11 is 0. The van der Waals surface area contributed by atoms with Crippen molar-refractivity contribution in [3.05, 3.63) is 0 Å². The van der Waals surface area contributed by atoms with Gasteiger partial charge in [-0.3, -0.25) is 5.32 Å². The van der Waals surface area contributed by atoms with Gasteiger partial charge in [0.15, 0.2) is 0 Å². The van der Waals surface area contributed by atoms with Gasteiger partial charge < -0.3 is 11.1 Å². The molecule has 1 heterocycles. The summed E-state index contributed by atoms with van der Waals surface area (Å²) in [7, 11) is 0. The first kappa shape index (κ1) is 10.3. The van der Waals surface area contributed by atoms with Gasteiger partial charge in [0.25, 0.3) is 0 Å². The molecule has 14 heavy (non-hydrogen) atoms. The maximum absolute atomic E-state index is 13.6. The van der Waals surface area contributed by atoms with Crippen molar-refractivity contribution in [2.24, 2.45) is 11.7 Å². The Morgan fingerprint density at radius 2 is 1.86 bits per heavy atom. The molecule has 82 valence electrons. The molecule has 0 bridgehead atoms. The monoisotopic (exact) mass is 201 g/mol. The van der Waals surface area contributed by atoms with E-state index in [1.54, 1.807) is 0 Å². The van der Waals surface area contributed by atoms with E-state index < -0.39 is 6.17 Å². The Bertz CT molecular complexity index is 180. The molecule has 0 aromatic heterocycles. The smallest absolute Gasteiger partial charge is 0.104 e. The second-order valence-electron chi connectivity index (χ2n) is 4.49. The van der Waals surface area contributed by atoms with Crippen LogP contribution in [0.25, 0.3) is 0 Å². The maximum Gasteiger partial charge on any atom is 0.104 e. The van der Waals surface area contributed by atoms with E-state index in [0.29, 0.717) is 0 Å². The molecular weight excluding hydrogens is 181 g/mol. The fourth-order valence-corrected chi connectivity index (χ4v) is 2.57. The van der Waals surface area contributed by atoms with E-state index in [1.165, 1.54) is 6.42 Å². The third-order valence-corrected chi connectivity index (χ3v) is 3.45. The lowest BCUT2D eigenvalue weighted by atomic mass is 9.82. The molecule has 1 saturated carbocycles. The van der Waals surface area contributed by atoms with Gasteiger partial charge in [-0.25, -0.2) is 4.39 Å². The highest BCUT2D eigenvalue weighted by atomic mass is 19.1. The minimum absolute atomic E-state index is 0.0351. The molecule has 4 unspecified atom stereocenters. The fourth-order valence-electron chi connectivity index (χ4n) is 2.57. The fraction of sp³-hybridized carbons (Fsp3) is 1.00. The first-order chi connectivity index (χ1) is 6.77. The largest absolute Gasteiger partial charge is 0.315 e. The lowest BCUT2D eigenvalue weighted by Crippen LogP contribution is -2.61. The Morgan fingerprint density at radius 3 is 2.50 bits per heavy atom. The highest BCUT2D eigenvalue weighted by molar-refractivity contribution is 4.90. The van der Waals surface area contributed by atoms with Gasteiger partial charge in [-0.15, -0.1) is 0 Å². The van der Waals surface area contributed by atoms with Gasteiger partial charge in [0.2, 0.25) is 0 Å². The number of hydrogen-bond donors (Lipinski definition) is 3. The zero-order valence-corrected chi connectivity index (χ0v) is 8.51. The molecule has 0 spiro atoms. The predicted octanol–water partition coefficient (Wildman–Crippen LogP) is 0.361. The zero-order valence-electron chi connectivity index (χ0n) is 8.51. The van der Waals surface area contributed by atoms with Gasteiger partial charge in [0.05, 0.1) is 6.17 Å². The van der Waals surface area contributed by atoms with Crippen LogP contribution >= 0.6 is 0 Å². The summed E-state index contributed by atoms with van der Waals surface area (Å²) in [6.45, 7) is 1.57. The average molecular weight is 201 g/mol. The summed E-state index contributed by atoms with van der Waals surface area (Å²) < 4.78 is 13.6. The molecule has 1 saturated heterocycles. The maximum atomic E-state index is 13.6. The molecule has 4 N–H and O–H groups in total. The van der Waals surface area contributed by atoms with Crippen LogP contribution in [0.15, 0.2) is 0 Å². The third kappa shape index (κ3) is 2.24. The van der Waals surface area contributed by atoms with Crippen molar-refractivity contribution in [3.8, 4) is 0 Å². The predicted molar refractivity (Wildman–Crippen MR) is 54.6 cm³/mol. The van der Waals surface area contributed by atoms with Gasteiger partial charge in [-0.05, 0) is 12.8 Å². The molecule has 2 aliphatic rings. The standard InChI is InChI=1S/C10H20FN3/c11-8-4-2-1-3-7(8)9-5-14-10(12)6-13-9/h7-10,13-14H,1-6,12H2. The summed E-state index contributed by atoms with van der Waals surface area (Å²) in [6.07, 6.45) is 3.42. The van der Waals surface area contributed by atoms with E-state index in [0.717, 1.165) is 32.4 Å². The van der Waals surface area contributed by atoms with Crippen LogP contribution in [0.4, 0.5) is 4.39 Å². The Morgan fingerprint density at radius 1 is 1.07 bits per heavy atom. The van der Waals surface area contributed by atoms with Crippen LogP contribution in [0.2, 0.25) is 0 Å². The third-order valence-electron chi connectivity index (χ3n) is 3.45. The van der Waals surface area contributed by atoms with Gasteiger partial charge >= 0.3 is 0 Å². The second-order valence-corrected chi connectivity index (χ2v) is 4.49. The number of nitrogens with two attached hydrogens (primary N) is 1. The van der Waals surface area contributed by atoms with Gasteiger partial charge in [-0.1, -0.05) is 12.8 Å². The Labute approximate surface area is 84.6 Å². The topological polar surface area (TPSA) is 50.1 Å². The minimum Gasteiger partial charge on any atom is -0.315 e. The lowest BCUT2D eigenvalue weighted by Gasteiger charge is -2.38. The molecular formula is C10H20FN3. The van der Waals surface area contributed by atoms with Crippen LogP contribution in [0.1, 0.15) is 25.7 Å². The van der Waals surface area contributed by atoms with E-state index >= 15 is 0 Å². The number of nitrogens with one attached hydrogen (secondary N) is 2. The molecule has 3 nitrogen and oxygen atoms in total. The molecule has 2 fully saturated rings. The normalized spacial score (nSPS) is 45.0. The molecule has 0 aromatic carbocycles. The van der Waals surface area contributed by atoms with Crippen molar-refractivity contribution in [1.82, 2.24) is 10.6 Å². The van der Waals surface area contributed by atoms with Crippen LogP contribution in [-0.2, 0) is 0 Å². The summed E-state index contributed by atoms with van der Waals surface area (Å²) in [5, 5.41) is 6.54. The van der Waals surface area contributed by atoms with Gasteiger partial charge in [0, 0.05) is 25.0 Å². The van der Waals surface area contributed by atoms with Crippen LogP contribution in [0.3, 0.4) is 0 Å². The number of piperazine rings is 1. The van der Waals surface area contributed by atoms with Crippen molar-refractivity contribution in [3.63, 3.8) is 0 Å². The van der Waals surface area contributed by atoms with Crippen molar-refractivity contribution in [1.29, 1.82) is 0 Å². The van der Waals surface area contributed by atoms with Crippen LogP contribution in [0, 0.1) is 5.92 Å². The van der Waals surface area contributed by atoms with Crippen molar-refractivity contribution in [2.45, 2.75) is 44.1 Å². The molecule has 4 atom stereocenters. The minimum atomic E-state index is -0.614. The van der Waals surface area contributed by atoms with Crippen LogP contribution < -0.4 is 16.4 Å². The summed E-state index contributed by atoms with van der Waals surface area (Å²) in [6, 6.07) is 0.282. The van der Waals surface area contributed by atoms with Crippen LogP contribution in [0.5, 0.6) is 0 Å². The summed E-state index contributed by atoms with van der Waals surface area (Å²) in [5.41, 5.74) is 5.69. The zero-order chi connectivity index (χ0) is 9.97.